The van der Waals surface area contributed by atoms with Gasteiger partial charge in [-0.3, -0.25) is 14.8 Å². The predicted molar refractivity (Wildman–Crippen MR) is 72.6 cm³/mol. The van der Waals surface area contributed by atoms with E-state index in [1.165, 1.54) is 0 Å². The molecule has 0 spiro atoms. The fourth-order valence-electron chi connectivity index (χ4n) is 1.90. The van der Waals surface area contributed by atoms with Crippen LogP contribution in [0.2, 0.25) is 0 Å². The van der Waals surface area contributed by atoms with E-state index in [2.05, 4.69) is 15.7 Å². The van der Waals surface area contributed by atoms with Gasteiger partial charge in [0.15, 0.2) is 5.11 Å². The molecule has 5 nitrogen and oxygen atoms in total. The summed E-state index contributed by atoms with van der Waals surface area (Å²) in [5.74, 6) is -0.204. The second-order valence-corrected chi connectivity index (χ2v) is 4.46. The van der Waals surface area contributed by atoms with Crippen LogP contribution in [0.4, 0.5) is 0 Å². The summed E-state index contributed by atoms with van der Waals surface area (Å²) in [7, 11) is 1.88. The van der Waals surface area contributed by atoms with Crippen LogP contribution >= 0.6 is 12.2 Å². The topological polar surface area (TPSA) is 59.0 Å². The molecule has 1 aromatic heterocycles. The number of amides is 1. The fraction of sp³-hybridized carbons (Fsp3) is 0.0833. The van der Waals surface area contributed by atoms with Crippen molar-refractivity contribution in [1.82, 2.24) is 20.4 Å². The molecule has 1 aromatic carbocycles. The Labute approximate surface area is 108 Å². The second kappa shape index (κ2) is 3.92. The minimum atomic E-state index is -0.204. The highest BCUT2D eigenvalue weighted by atomic mass is 32.1. The number of benzene rings is 1. The number of fused-ring (bicyclic) bond motifs is 1. The van der Waals surface area contributed by atoms with Crippen molar-refractivity contribution in [2.75, 3.05) is 0 Å². The number of aryl methyl sites for hydroxylation is 1. The van der Waals surface area contributed by atoms with Gasteiger partial charge in [-0.25, -0.2) is 0 Å². The first-order valence-electron chi connectivity index (χ1n) is 5.39. The van der Waals surface area contributed by atoms with Crippen molar-refractivity contribution in [2.24, 2.45) is 7.05 Å². The van der Waals surface area contributed by atoms with Crippen molar-refractivity contribution >= 4 is 40.2 Å². The molecule has 0 unspecified atom stereocenters. The van der Waals surface area contributed by atoms with Gasteiger partial charge in [0, 0.05) is 12.4 Å². The zero-order chi connectivity index (χ0) is 12.7. The summed E-state index contributed by atoms with van der Waals surface area (Å²) in [6.07, 6.45) is 3.57. The molecule has 90 valence electrons. The van der Waals surface area contributed by atoms with E-state index in [1.807, 2.05) is 31.4 Å². The van der Waals surface area contributed by atoms with E-state index >= 15 is 0 Å². The minimum absolute atomic E-state index is 0.204. The van der Waals surface area contributed by atoms with Gasteiger partial charge in [0.1, 0.15) is 5.70 Å². The molecular weight excluding hydrogens is 248 g/mol. The third kappa shape index (κ3) is 1.76. The maximum atomic E-state index is 11.5. The number of carbonyl (C=O) groups excluding carboxylic acids is 1. The number of thiocarbonyl (C=S) groups is 1. The van der Waals surface area contributed by atoms with Crippen molar-refractivity contribution < 1.29 is 4.79 Å². The number of hydrogen-bond donors (Lipinski definition) is 2. The Morgan fingerprint density at radius 3 is 2.94 bits per heavy atom. The quantitative estimate of drug-likeness (QED) is 0.590. The van der Waals surface area contributed by atoms with Gasteiger partial charge in [-0.2, -0.15) is 5.10 Å². The van der Waals surface area contributed by atoms with Crippen LogP contribution in [0, 0.1) is 0 Å². The number of nitrogens with one attached hydrogen (secondary N) is 2. The van der Waals surface area contributed by atoms with Crippen LogP contribution in [0.15, 0.2) is 30.1 Å². The smallest absolute Gasteiger partial charge is 0.273 e. The molecule has 2 N–H and O–H groups in total. The number of aromatic nitrogens is 2. The molecule has 1 aliphatic heterocycles. The van der Waals surface area contributed by atoms with Crippen LogP contribution in [-0.2, 0) is 11.8 Å². The van der Waals surface area contributed by atoms with Gasteiger partial charge in [0.2, 0.25) is 0 Å². The molecule has 1 amide bonds. The number of rotatable bonds is 1. The van der Waals surface area contributed by atoms with Crippen molar-refractivity contribution in [3.63, 3.8) is 0 Å². The lowest BCUT2D eigenvalue weighted by Crippen LogP contribution is -2.21. The molecule has 18 heavy (non-hydrogen) atoms. The molecule has 0 radical (unpaired) electrons. The molecule has 0 saturated carbocycles. The number of hydrogen-bond acceptors (Lipinski definition) is 3. The third-order valence-corrected chi connectivity index (χ3v) is 3.01. The number of carbonyl (C=O) groups is 1. The van der Waals surface area contributed by atoms with Crippen LogP contribution in [0.5, 0.6) is 0 Å². The molecule has 0 atom stereocenters. The lowest BCUT2D eigenvalue weighted by molar-refractivity contribution is -0.115. The first-order chi connectivity index (χ1) is 8.63. The normalized spacial score (nSPS) is 17.3. The van der Waals surface area contributed by atoms with Gasteiger partial charge in [0.05, 0.1) is 11.7 Å². The Bertz CT molecular complexity index is 701. The first kappa shape index (κ1) is 10.9. The molecule has 6 heteroatoms. The highest BCUT2D eigenvalue weighted by Gasteiger charge is 2.19. The molecule has 0 bridgehead atoms. The van der Waals surface area contributed by atoms with Crippen molar-refractivity contribution in [3.05, 3.63) is 35.7 Å². The standard InChI is InChI=1S/C12H10N4OS/c1-16-10-5-7(2-3-8(10)6-13-16)4-9-11(17)15-12(18)14-9/h2-6H,1H3,(H2,14,15,17,18)/b9-4-. The van der Waals surface area contributed by atoms with E-state index in [0.717, 1.165) is 16.5 Å². The second-order valence-electron chi connectivity index (χ2n) is 4.05. The predicted octanol–water partition coefficient (Wildman–Crippen LogP) is 0.918. The van der Waals surface area contributed by atoms with E-state index < -0.39 is 0 Å². The molecular formula is C12H10N4OS. The van der Waals surface area contributed by atoms with Gasteiger partial charge in [-0.1, -0.05) is 12.1 Å². The van der Waals surface area contributed by atoms with Crippen molar-refractivity contribution in [3.8, 4) is 0 Å². The van der Waals surface area contributed by atoms with E-state index in [1.54, 1.807) is 10.8 Å². The maximum Gasteiger partial charge on any atom is 0.273 e. The lowest BCUT2D eigenvalue weighted by Gasteiger charge is -1.99. The zero-order valence-corrected chi connectivity index (χ0v) is 10.4. The van der Waals surface area contributed by atoms with Crippen molar-refractivity contribution in [2.45, 2.75) is 0 Å². The lowest BCUT2D eigenvalue weighted by atomic mass is 10.1. The average molecular weight is 258 g/mol. The van der Waals surface area contributed by atoms with Gasteiger partial charge in [-0.15, -0.1) is 0 Å². The summed E-state index contributed by atoms with van der Waals surface area (Å²) in [5, 5.41) is 10.9. The van der Waals surface area contributed by atoms with Crippen LogP contribution < -0.4 is 10.6 Å². The Hall–Kier alpha value is -2.21. The first-order valence-corrected chi connectivity index (χ1v) is 5.80. The SMILES string of the molecule is Cn1ncc2ccc(/C=C3\NC(=S)NC3=O)cc21. The molecule has 1 aliphatic rings. The molecule has 1 fully saturated rings. The third-order valence-electron chi connectivity index (χ3n) is 2.80. The highest BCUT2D eigenvalue weighted by molar-refractivity contribution is 7.80. The zero-order valence-electron chi connectivity index (χ0n) is 9.60. The van der Waals surface area contributed by atoms with Crippen LogP contribution in [0.25, 0.3) is 17.0 Å². The van der Waals surface area contributed by atoms with Crippen molar-refractivity contribution in [1.29, 1.82) is 0 Å². The molecule has 2 heterocycles. The largest absolute Gasteiger partial charge is 0.328 e. The molecule has 1 saturated heterocycles. The summed E-state index contributed by atoms with van der Waals surface area (Å²) >= 11 is 4.88. The molecule has 0 aliphatic carbocycles. The Morgan fingerprint density at radius 2 is 2.22 bits per heavy atom. The highest BCUT2D eigenvalue weighted by Crippen LogP contribution is 2.17. The van der Waals surface area contributed by atoms with Crippen LogP contribution in [-0.4, -0.2) is 20.8 Å². The van der Waals surface area contributed by atoms with E-state index in [0.29, 0.717) is 10.8 Å². The Morgan fingerprint density at radius 1 is 1.39 bits per heavy atom. The van der Waals surface area contributed by atoms with Gasteiger partial charge in [0.25, 0.3) is 5.91 Å². The van der Waals surface area contributed by atoms with Gasteiger partial charge in [-0.05, 0) is 29.9 Å². The average Bonchev–Trinajstić information content (AvgIpc) is 2.84. The van der Waals surface area contributed by atoms with Gasteiger partial charge >= 0.3 is 0 Å². The summed E-state index contributed by atoms with van der Waals surface area (Å²) in [4.78, 5) is 11.5. The van der Waals surface area contributed by atoms with E-state index in [9.17, 15) is 4.79 Å². The monoisotopic (exact) mass is 258 g/mol. The summed E-state index contributed by atoms with van der Waals surface area (Å²) in [6.45, 7) is 0. The van der Waals surface area contributed by atoms with Crippen LogP contribution in [0.1, 0.15) is 5.56 Å². The Balaban J connectivity index is 2.04. The maximum absolute atomic E-state index is 11.5. The van der Waals surface area contributed by atoms with E-state index in [4.69, 9.17) is 12.2 Å². The van der Waals surface area contributed by atoms with E-state index in [-0.39, 0.29) is 5.91 Å². The Kier molecular flexibility index (Phi) is 2.38. The minimum Gasteiger partial charge on any atom is -0.328 e. The fourth-order valence-corrected chi connectivity index (χ4v) is 2.10. The summed E-state index contributed by atoms with van der Waals surface area (Å²) in [6, 6.07) is 5.89. The molecule has 2 aromatic rings. The van der Waals surface area contributed by atoms with Crippen LogP contribution in [0.3, 0.4) is 0 Å². The summed E-state index contributed by atoms with van der Waals surface area (Å²) < 4.78 is 1.80. The van der Waals surface area contributed by atoms with Gasteiger partial charge < -0.3 is 5.32 Å². The summed E-state index contributed by atoms with van der Waals surface area (Å²) in [5.41, 5.74) is 2.40. The molecule has 3 rings (SSSR count). The number of nitrogens with zero attached hydrogens (tertiary/aromatic N) is 2.